The van der Waals surface area contributed by atoms with Crippen molar-refractivity contribution in [1.82, 2.24) is 19.6 Å². The van der Waals surface area contributed by atoms with E-state index in [0.29, 0.717) is 6.54 Å². The molecule has 1 atom stereocenters. The van der Waals surface area contributed by atoms with Gasteiger partial charge >= 0.3 is 0 Å². The third-order valence-electron chi connectivity index (χ3n) is 4.42. The number of nitrogens with zero attached hydrogens (tertiary/aromatic N) is 3. The topological polar surface area (TPSA) is 62.8 Å². The Morgan fingerprint density at radius 1 is 1.50 bits per heavy atom. The van der Waals surface area contributed by atoms with E-state index in [-0.39, 0.29) is 11.8 Å². The smallest absolute Gasteiger partial charge is 0.224 e. The van der Waals surface area contributed by atoms with Gasteiger partial charge in [-0.25, -0.2) is 4.98 Å². The van der Waals surface area contributed by atoms with Crippen molar-refractivity contribution in [2.75, 3.05) is 13.1 Å². The minimum absolute atomic E-state index is 0.0393. The van der Waals surface area contributed by atoms with E-state index in [4.69, 9.17) is 4.42 Å². The van der Waals surface area contributed by atoms with Crippen molar-refractivity contribution in [1.29, 1.82) is 0 Å². The van der Waals surface area contributed by atoms with Crippen LogP contribution in [-0.4, -0.2) is 33.3 Å². The molecule has 1 N–H and O–H groups in total. The number of nitrogens with one attached hydrogen (secondary N) is 1. The molecule has 1 aliphatic heterocycles. The van der Waals surface area contributed by atoms with Gasteiger partial charge < -0.3 is 9.73 Å². The Morgan fingerprint density at radius 3 is 3.29 bits per heavy atom. The fraction of sp³-hybridized carbons (Fsp3) is 0.412. The molecule has 3 aromatic heterocycles. The van der Waals surface area contributed by atoms with E-state index in [1.807, 2.05) is 34.3 Å². The third kappa shape index (κ3) is 3.37. The Labute approximate surface area is 144 Å². The number of aromatic nitrogens is 2. The van der Waals surface area contributed by atoms with Gasteiger partial charge in [0, 0.05) is 24.3 Å². The van der Waals surface area contributed by atoms with E-state index in [0.717, 1.165) is 48.9 Å². The summed E-state index contributed by atoms with van der Waals surface area (Å²) in [5.74, 6) is 1.11. The molecule has 1 amide bonds. The van der Waals surface area contributed by atoms with Crippen LogP contribution in [0.1, 0.15) is 24.3 Å². The molecule has 3 aromatic rings. The van der Waals surface area contributed by atoms with Gasteiger partial charge in [0.25, 0.3) is 0 Å². The van der Waals surface area contributed by atoms with E-state index >= 15 is 0 Å². The molecule has 4 rings (SSSR count). The van der Waals surface area contributed by atoms with Crippen LogP contribution in [0.4, 0.5) is 0 Å². The van der Waals surface area contributed by atoms with E-state index in [1.54, 1.807) is 17.6 Å². The Bertz CT molecular complexity index is 779. The Kier molecular flexibility index (Phi) is 4.36. The summed E-state index contributed by atoms with van der Waals surface area (Å²) >= 11 is 1.60. The van der Waals surface area contributed by atoms with Gasteiger partial charge in [-0.1, -0.05) is 0 Å². The second kappa shape index (κ2) is 6.78. The number of fused-ring (bicyclic) bond motifs is 1. The lowest BCUT2D eigenvalue weighted by Crippen LogP contribution is -2.42. The summed E-state index contributed by atoms with van der Waals surface area (Å²) < 4.78 is 7.39. The number of piperidine rings is 1. The van der Waals surface area contributed by atoms with Gasteiger partial charge in [0.15, 0.2) is 4.96 Å². The van der Waals surface area contributed by atoms with Gasteiger partial charge in [0.2, 0.25) is 5.91 Å². The quantitative estimate of drug-likeness (QED) is 0.772. The van der Waals surface area contributed by atoms with E-state index in [2.05, 4.69) is 15.2 Å². The van der Waals surface area contributed by atoms with Crippen molar-refractivity contribution in [3.63, 3.8) is 0 Å². The number of imidazole rings is 1. The van der Waals surface area contributed by atoms with Crippen LogP contribution in [0.25, 0.3) is 4.96 Å². The van der Waals surface area contributed by atoms with Crippen molar-refractivity contribution in [3.8, 4) is 0 Å². The fourth-order valence-electron chi connectivity index (χ4n) is 3.22. The van der Waals surface area contributed by atoms with Gasteiger partial charge in [0.1, 0.15) is 5.76 Å². The molecule has 1 aliphatic rings. The maximum absolute atomic E-state index is 12.5. The number of likely N-dealkylation sites (tertiary alicyclic amines) is 1. The molecule has 0 aliphatic carbocycles. The van der Waals surface area contributed by atoms with Gasteiger partial charge in [-0.3, -0.25) is 14.1 Å². The van der Waals surface area contributed by atoms with Crippen molar-refractivity contribution in [2.24, 2.45) is 5.92 Å². The molecule has 7 heteroatoms. The average Bonchev–Trinajstić information content (AvgIpc) is 3.30. The summed E-state index contributed by atoms with van der Waals surface area (Å²) in [6.45, 7) is 3.06. The highest BCUT2D eigenvalue weighted by Crippen LogP contribution is 2.19. The summed E-state index contributed by atoms with van der Waals surface area (Å²) in [5, 5.41) is 5.04. The summed E-state index contributed by atoms with van der Waals surface area (Å²) in [4.78, 5) is 20.2. The number of carbonyl (C=O) groups excluding carboxylic acids is 1. The van der Waals surface area contributed by atoms with Crippen LogP contribution in [0, 0.1) is 5.92 Å². The average molecular weight is 344 g/mol. The minimum atomic E-state index is 0.0393. The van der Waals surface area contributed by atoms with Gasteiger partial charge in [0.05, 0.1) is 31.0 Å². The summed E-state index contributed by atoms with van der Waals surface area (Å²) in [5.41, 5.74) is 0.901. The lowest BCUT2D eigenvalue weighted by Gasteiger charge is -2.31. The monoisotopic (exact) mass is 344 g/mol. The SMILES string of the molecule is O=C(NCc1cn2ccsc2n1)C1CCCN(Cc2ccco2)C1. The van der Waals surface area contributed by atoms with Crippen LogP contribution in [-0.2, 0) is 17.9 Å². The minimum Gasteiger partial charge on any atom is -0.468 e. The molecule has 126 valence electrons. The molecule has 1 fully saturated rings. The maximum atomic E-state index is 12.5. The summed E-state index contributed by atoms with van der Waals surface area (Å²) in [7, 11) is 0. The zero-order valence-electron chi connectivity index (χ0n) is 13.4. The van der Waals surface area contributed by atoms with Gasteiger partial charge in [-0.2, -0.15) is 0 Å². The van der Waals surface area contributed by atoms with Crippen LogP contribution in [0.5, 0.6) is 0 Å². The number of carbonyl (C=O) groups is 1. The predicted octanol–water partition coefficient (Wildman–Crippen LogP) is 2.52. The second-order valence-electron chi connectivity index (χ2n) is 6.20. The van der Waals surface area contributed by atoms with E-state index < -0.39 is 0 Å². The standard InChI is InChI=1S/C17H20N4O2S/c22-16(18-9-14-11-21-6-8-24-17(21)19-14)13-3-1-5-20(10-13)12-15-4-2-7-23-15/h2,4,6-8,11,13H,1,3,5,9-10,12H2,(H,18,22). The van der Waals surface area contributed by atoms with Gasteiger partial charge in [-0.15, -0.1) is 11.3 Å². The molecule has 0 bridgehead atoms. The van der Waals surface area contributed by atoms with Crippen LogP contribution < -0.4 is 5.32 Å². The highest BCUT2D eigenvalue weighted by Gasteiger charge is 2.26. The predicted molar refractivity (Wildman–Crippen MR) is 91.6 cm³/mol. The van der Waals surface area contributed by atoms with E-state index in [9.17, 15) is 4.79 Å². The third-order valence-corrected chi connectivity index (χ3v) is 5.19. The zero-order chi connectivity index (χ0) is 16.4. The van der Waals surface area contributed by atoms with Gasteiger partial charge in [-0.05, 0) is 31.5 Å². The molecular formula is C17H20N4O2S. The molecule has 0 spiro atoms. The fourth-order valence-corrected chi connectivity index (χ4v) is 3.94. The molecule has 4 heterocycles. The second-order valence-corrected chi connectivity index (χ2v) is 7.07. The number of hydrogen-bond donors (Lipinski definition) is 1. The zero-order valence-corrected chi connectivity index (χ0v) is 14.2. The van der Waals surface area contributed by atoms with Crippen LogP contribution in [0.2, 0.25) is 0 Å². The number of hydrogen-bond acceptors (Lipinski definition) is 5. The van der Waals surface area contributed by atoms with Crippen LogP contribution >= 0.6 is 11.3 Å². The van der Waals surface area contributed by atoms with E-state index in [1.165, 1.54) is 0 Å². The van der Waals surface area contributed by atoms with Crippen molar-refractivity contribution in [2.45, 2.75) is 25.9 Å². The number of amides is 1. The van der Waals surface area contributed by atoms with Crippen LogP contribution in [0.15, 0.2) is 40.6 Å². The Hall–Kier alpha value is -2.12. The highest BCUT2D eigenvalue weighted by atomic mass is 32.1. The molecule has 1 unspecified atom stereocenters. The number of furan rings is 1. The molecule has 24 heavy (non-hydrogen) atoms. The molecule has 0 aromatic carbocycles. The first-order valence-corrected chi connectivity index (χ1v) is 9.09. The molecule has 1 saturated heterocycles. The summed E-state index contributed by atoms with van der Waals surface area (Å²) in [6.07, 6.45) is 7.62. The molecular weight excluding hydrogens is 324 g/mol. The number of rotatable bonds is 5. The Morgan fingerprint density at radius 2 is 2.46 bits per heavy atom. The molecule has 6 nitrogen and oxygen atoms in total. The lowest BCUT2D eigenvalue weighted by atomic mass is 9.97. The first-order chi connectivity index (χ1) is 11.8. The molecule has 0 radical (unpaired) electrons. The first-order valence-electron chi connectivity index (χ1n) is 8.21. The largest absolute Gasteiger partial charge is 0.468 e. The molecule has 0 saturated carbocycles. The normalized spacial score (nSPS) is 18.9. The summed E-state index contributed by atoms with van der Waals surface area (Å²) in [6, 6.07) is 3.88. The lowest BCUT2D eigenvalue weighted by molar-refractivity contribution is -0.127. The van der Waals surface area contributed by atoms with Crippen LogP contribution in [0.3, 0.4) is 0 Å². The van der Waals surface area contributed by atoms with Crippen molar-refractivity contribution >= 4 is 22.2 Å². The maximum Gasteiger partial charge on any atom is 0.224 e. The Balaban J connectivity index is 1.31. The van der Waals surface area contributed by atoms with Crippen molar-refractivity contribution < 1.29 is 9.21 Å². The highest BCUT2D eigenvalue weighted by molar-refractivity contribution is 7.15. The first kappa shape index (κ1) is 15.4. The van der Waals surface area contributed by atoms with Crippen molar-refractivity contribution in [3.05, 3.63) is 47.6 Å². The number of thiazole rings is 1.